The highest BCUT2D eigenvalue weighted by Crippen LogP contribution is 2.28. The van der Waals surface area contributed by atoms with Gasteiger partial charge in [-0.2, -0.15) is 0 Å². The molecule has 3 N–H and O–H groups in total. The maximum absolute atomic E-state index is 12.3. The quantitative estimate of drug-likeness (QED) is 0.635. The molecular formula is C15H13BrN6O2. The van der Waals surface area contributed by atoms with Gasteiger partial charge in [0.2, 0.25) is 0 Å². The molecule has 0 saturated carbocycles. The van der Waals surface area contributed by atoms with Gasteiger partial charge in [0.15, 0.2) is 5.82 Å². The summed E-state index contributed by atoms with van der Waals surface area (Å²) in [7, 11) is 1.57. The molecule has 2 amide bonds. The van der Waals surface area contributed by atoms with Crippen LogP contribution < -0.4 is 15.4 Å². The number of aromatic amines is 1. The summed E-state index contributed by atoms with van der Waals surface area (Å²) in [6, 6.07) is 12.1. The maximum Gasteiger partial charge on any atom is 0.323 e. The second kappa shape index (κ2) is 7.09. The Morgan fingerprint density at radius 2 is 2.08 bits per heavy atom. The largest absolute Gasteiger partial charge is 0.497 e. The number of aromatic nitrogens is 4. The highest BCUT2D eigenvalue weighted by molar-refractivity contribution is 9.10. The number of hydrogen-bond acceptors (Lipinski definition) is 5. The number of nitrogens with one attached hydrogen (secondary N) is 3. The summed E-state index contributed by atoms with van der Waals surface area (Å²) >= 11 is 3.39. The molecule has 0 saturated heterocycles. The normalized spacial score (nSPS) is 10.2. The van der Waals surface area contributed by atoms with Crippen LogP contribution >= 0.6 is 15.9 Å². The van der Waals surface area contributed by atoms with Gasteiger partial charge in [-0.3, -0.25) is 0 Å². The maximum atomic E-state index is 12.3. The minimum absolute atomic E-state index is 0.390. The first-order valence-corrected chi connectivity index (χ1v) is 7.71. The number of methoxy groups -OCH3 is 1. The molecule has 24 heavy (non-hydrogen) atoms. The summed E-state index contributed by atoms with van der Waals surface area (Å²) < 4.78 is 5.97. The number of rotatable bonds is 4. The lowest BCUT2D eigenvalue weighted by molar-refractivity contribution is 0.262. The summed E-state index contributed by atoms with van der Waals surface area (Å²) in [6.07, 6.45) is 0. The average Bonchev–Trinajstić information content (AvgIpc) is 3.11. The van der Waals surface area contributed by atoms with Crippen LogP contribution in [-0.4, -0.2) is 33.8 Å². The lowest BCUT2D eigenvalue weighted by atomic mass is 10.1. The highest BCUT2D eigenvalue weighted by atomic mass is 79.9. The van der Waals surface area contributed by atoms with Crippen molar-refractivity contribution in [2.75, 3.05) is 17.7 Å². The minimum Gasteiger partial charge on any atom is -0.497 e. The van der Waals surface area contributed by atoms with Gasteiger partial charge in [0.1, 0.15) is 5.75 Å². The van der Waals surface area contributed by atoms with Gasteiger partial charge in [0, 0.05) is 21.8 Å². The molecule has 0 aliphatic heterocycles. The zero-order valence-corrected chi connectivity index (χ0v) is 14.2. The summed E-state index contributed by atoms with van der Waals surface area (Å²) in [6.45, 7) is 0. The van der Waals surface area contributed by atoms with Crippen LogP contribution in [0.25, 0.3) is 11.4 Å². The Hall–Kier alpha value is -2.94. The molecule has 0 atom stereocenters. The molecule has 2 aromatic carbocycles. The number of halogens is 1. The molecule has 3 aromatic rings. The molecule has 0 fully saturated rings. The molecule has 0 radical (unpaired) electrons. The minimum atomic E-state index is -0.390. The molecule has 122 valence electrons. The Bertz CT molecular complexity index is 853. The number of hydrogen-bond donors (Lipinski definition) is 3. The molecule has 1 heterocycles. The third-order valence-electron chi connectivity index (χ3n) is 3.16. The summed E-state index contributed by atoms with van der Waals surface area (Å²) in [5.74, 6) is 1.11. The third kappa shape index (κ3) is 3.69. The smallest absolute Gasteiger partial charge is 0.323 e. The van der Waals surface area contributed by atoms with Crippen LogP contribution in [0.3, 0.4) is 0 Å². The zero-order chi connectivity index (χ0) is 16.9. The fourth-order valence-corrected chi connectivity index (χ4v) is 2.44. The SMILES string of the molecule is COc1cccc(NC(=O)Nc2ccc(Br)cc2-c2nnn[nH]2)c1. The van der Waals surface area contributed by atoms with Crippen LogP contribution in [0.1, 0.15) is 0 Å². The van der Waals surface area contributed by atoms with Crippen LogP contribution in [0.2, 0.25) is 0 Å². The van der Waals surface area contributed by atoms with E-state index in [9.17, 15) is 4.79 Å². The van der Waals surface area contributed by atoms with E-state index in [0.29, 0.717) is 28.5 Å². The molecule has 0 spiro atoms. The van der Waals surface area contributed by atoms with Crippen LogP contribution in [0.15, 0.2) is 46.9 Å². The van der Waals surface area contributed by atoms with Crippen LogP contribution in [0.4, 0.5) is 16.2 Å². The number of carbonyl (C=O) groups is 1. The van der Waals surface area contributed by atoms with E-state index in [0.717, 1.165) is 4.47 Å². The van der Waals surface area contributed by atoms with Crippen molar-refractivity contribution < 1.29 is 9.53 Å². The van der Waals surface area contributed by atoms with Gasteiger partial charge in [0.05, 0.1) is 12.8 Å². The number of H-pyrrole nitrogens is 1. The van der Waals surface area contributed by atoms with Crippen molar-refractivity contribution in [1.29, 1.82) is 0 Å². The Balaban J connectivity index is 1.79. The van der Waals surface area contributed by atoms with Gasteiger partial charge in [-0.05, 0) is 40.8 Å². The number of tetrazole rings is 1. The highest BCUT2D eigenvalue weighted by Gasteiger charge is 2.12. The van der Waals surface area contributed by atoms with E-state index in [2.05, 4.69) is 47.2 Å². The molecule has 1 aromatic heterocycles. The number of anilines is 2. The standard InChI is InChI=1S/C15H13BrN6O2/c1-24-11-4-2-3-10(8-11)17-15(23)18-13-6-5-9(16)7-12(13)14-19-21-22-20-14/h2-8H,1H3,(H2,17,18,23)(H,19,20,21,22). The van der Waals surface area contributed by atoms with Crippen molar-refractivity contribution in [3.63, 3.8) is 0 Å². The monoisotopic (exact) mass is 388 g/mol. The van der Waals surface area contributed by atoms with Gasteiger partial charge in [-0.1, -0.05) is 22.0 Å². The lowest BCUT2D eigenvalue weighted by Crippen LogP contribution is -2.20. The van der Waals surface area contributed by atoms with E-state index in [1.165, 1.54) is 0 Å². The van der Waals surface area contributed by atoms with Gasteiger partial charge in [-0.25, -0.2) is 9.89 Å². The molecule has 8 nitrogen and oxygen atoms in total. The topological polar surface area (TPSA) is 105 Å². The van der Waals surface area contributed by atoms with Crippen LogP contribution in [-0.2, 0) is 0 Å². The molecule has 9 heteroatoms. The van der Waals surface area contributed by atoms with Gasteiger partial charge >= 0.3 is 6.03 Å². The first-order chi connectivity index (χ1) is 11.7. The van der Waals surface area contributed by atoms with Crippen LogP contribution in [0, 0.1) is 0 Å². The summed E-state index contributed by atoms with van der Waals surface area (Å²) in [4.78, 5) is 12.3. The molecule has 0 aliphatic carbocycles. The Kier molecular flexibility index (Phi) is 4.71. The Labute approximate surface area is 145 Å². The van der Waals surface area contributed by atoms with Crippen molar-refractivity contribution >= 4 is 33.3 Å². The lowest BCUT2D eigenvalue weighted by Gasteiger charge is -2.11. The van der Waals surface area contributed by atoms with E-state index >= 15 is 0 Å². The van der Waals surface area contributed by atoms with E-state index in [4.69, 9.17) is 4.74 Å². The van der Waals surface area contributed by atoms with Crippen molar-refractivity contribution in [2.24, 2.45) is 0 Å². The zero-order valence-electron chi connectivity index (χ0n) is 12.6. The molecular weight excluding hydrogens is 376 g/mol. The summed E-state index contributed by atoms with van der Waals surface area (Å²) in [5.41, 5.74) is 1.85. The van der Waals surface area contributed by atoms with Crippen LogP contribution in [0.5, 0.6) is 5.75 Å². The fourth-order valence-electron chi connectivity index (χ4n) is 2.08. The predicted molar refractivity (Wildman–Crippen MR) is 92.9 cm³/mol. The fraction of sp³-hybridized carbons (Fsp3) is 0.0667. The van der Waals surface area contributed by atoms with Crippen molar-refractivity contribution in [1.82, 2.24) is 20.6 Å². The molecule has 0 bridgehead atoms. The first kappa shape index (κ1) is 15.9. The Morgan fingerprint density at radius 1 is 1.21 bits per heavy atom. The molecule has 0 unspecified atom stereocenters. The van der Waals surface area contributed by atoms with Gasteiger partial charge in [0.25, 0.3) is 0 Å². The molecule has 0 aliphatic rings. The first-order valence-electron chi connectivity index (χ1n) is 6.91. The average molecular weight is 389 g/mol. The van der Waals surface area contributed by atoms with E-state index in [1.54, 1.807) is 37.4 Å². The number of benzene rings is 2. The number of carbonyl (C=O) groups excluding carboxylic acids is 1. The van der Waals surface area contributed by atoms with Gasteiger partial charge in [-0.15, -0.1) is 5.10 Å². The number of nitrogens with zero attached hydrogens (tertiary/aromatic N) is 3. The number of ether oxygens (including phenoxy) is 1. The van der Waals surface area contributed by atoms with E-state index in [1.807, 2.05) is 12.1 Å². The second-order valence-electron chi connectivity index (χ2n) is 4.75. The van der Waals surface area contributed by atoms with Gasteiger partial charge < -0.3 is 15.4 Å². The van der Waals surface area contributed by atoms with Crippen molar-refractivity contribution in [3.8, 4) is 17.1 Å². The third-order valence-corrected chi connectivity index (χ3v) is 3.65. The molecule has 3 rings (SSSR count). The number of amides is 2. The Morgan fingerprint density at radius 3 is 2.83 bits per heavy atom. The second-order valence-corrected chi connectivity index (χ2v) is 5.67. The van der Waals surface area contributed by atoms with Crippen molar-refractivity contribution in [3.05, 3.63) is 46.9 Å². The summed E-state index contributed by atoms with van der Waals surface area (Å²) in [5, 5.41) is 19.2. The van der Waals surface area contributed by atoms with E-state index < -0.39 is 0 Å². The number of urea groups is 1. The van der Waals surface area contributed by atoms with Crippen molar-refractivity contribution in [2.45, 2.75) is 0 Å². The van der Waals surface area contributed by atoms with E-state index in [-0.39, 0.29) is 6.03 Å². The predicted octanol–water partition coefficient (Wildman–Crippen LogP) is 3.28.